The molecule has 0 heterocycles. The Morgan fingerprint density at radius 2 is 1.88 bits per heavy atom. The van der Waals surface area contributed by atoms with Crippen molar-refractivity contribution in [1.29, 1.82) is 0 Å². The van der Waals surface area contributed by atoms with Crippen molar-refractivity contribution >= 4 is 5.71 Å². The van der Waals surface area contributed by atoms with Crippen molar-refractivity contribution in [3.63, 3.8) is 0 Å². The Morgan fingerprint density at radius 3 is 2.38 bits per heavy atom. The third-order valence-corrected chi connectivity index (χ3v) is 2.65. The molecule has 0 saturated carbocycles. The fourth-order valence-corrected chi connectivity index (χ4v) is 1.50. The molecule has 1 aromatic rings. The molecule has 0 spiro atoms. The van der Waals surface area contributed by atoms with Gasteiger partial charge in [0.1, 0.15) is 12.9 Å². The van der Waals surface area contributed by atoms with Crippen LogP contribution >= 0.6 is 0 Å². The summed E-state index contributed by atoms with van der Waals surface area (Å²) in [6, 6.07) is 8.11. The molecule has 3 nitrogen and oxygen atoms in total. The lowest BCUT2D eigenvalue weighted by Crippen LogP contribution is -2.10. The molecule has 0 bridgehead atoms. The van der Waals surface area contributed by atoms with Crippen molar-refractivity contribution < 1.29 is 9.57 Å². The number of hydrogen-bond acceptors (Lipinski definition) is 3. The normalized spacial score (nSPS) is 13.4. The Kier molecular flexibility index (Phi) is 4.83. The number of oxime groups is 1. The molecule has 0 fully saturated rings. The van der Waals surface area contributed by atoms with Crippen molar-refractivity contribution in [3.8, 4) is 5.75 Å². The minimum Gasteiger partial charge on any atom is -0.497 e. The first kappa shape index (κ1) is 12.6. The van der Waals surface area contributed by atoms with Crippen molar-refractivity contribution in [1.82, 2.24) is 0 Å². The highest BCUT2D eigenvalue weighted by Crippen LogP contribution is 2.15. The number of rotatable bonds is 5. The van der Waals surface area contributed by atoms with E-state index in [2.05, 4.69) is 24.2 Å². The number of methoxy groups -OCH3 is 1. The number of nitrogens with zero attached hydrogens (tertiary/aromatic N) is 1. The fourth-order valence-electron chi connectivity index (χ4n) is 1.50. The molecule has 88 valence electrons. The Bertz CT molecular complexity index is 343. The van der Waals surface area contributed by atoms with Gasteiger partial charge in [0.15, 0.2) is 0 Å². The Morgan fingerprint density at radius 1 is 1.25 bits per heavy atom. The largest absolute Gasteiger partial charge is 0.497 e. The maximum Gasteiger partial charge on any atom is 0.118 e. The molecular weight excluding hydrogens is 202 g/mol. The van der Waals surface area contributed by atoms with Crippen LogP contribution in [-0.2, 0) is 11.3 Å². The molecule has 0 amide bonds. The molecule has 1 unspecified atom stereocenters. The second-order valence-corrected chi connectivity index (χ2v) is 3.87. The average Bonchev–Trinajstić information content (AvgIpc) is 2.30. The molecule has 1 atom stereocenters. The van der Waals surface area contributed by atoms with Gasteiger partial charge in [0.2, 0.25) is 0 Å². The van der Waals surface area contributed by atoms with E-state index in [-0.39, 0.29) is 0 Å². The summed E-state index contributed by atoms with van der Waals surface area (Å²) in [6.07, 6.45) is 0.961. The van der Waals surface area contributed by atoms with Crippen LogP contribution in [0.25, 0.3) is 0 Å². The van der Waals surface area contributed by atoms with Crippen molar-refractivity contribution in [2.45, 2.75) is 20.3 Å². The minimum absolute atomic E-state index is 0.383. The van der Waals surface area contributed by atoms with E-state index in [0.717, 1.165) is 17.9 Å². The van der Waals surface area contributed by atoms with Crippen molar-refractivity contribution in [2.24, 2.45) is 11.1 Å². The summed E-state index contributed by atoms with van der Waals surface area (Å²) in [6.45, 7) is 4.12. The van der Waals surface area contributed by atoms with Gasteiger partial charge >= 0.3 is 0 Å². The second kappa shape index (κ2) is 6.16. The molecule has 0 N–H and O–H groups in total. The summed E-state index contributed by atoms with van der Waals surface area (Å²) >= 11 is 0. The number of hydrogen-bond donors (Lipinski definition) is 0. The van der Waals surface area contributed by atoms with Crippen LogP contribution in [0.15, 0.2) is 29.4 Å². The summed E-state index contributed by atoms with van der Waals surface area (Å²) in [4.78, 5) is 4.77. The molecule has 0 saturated heterocycles. The van der Waals surface area contributed by atoms with Gasteiger partial charge in [-0.1, -0.05) is 24.2 Å². The van der Waals surface area contributed by atoms with Gasteiger partial charge in [-0.3, -0.25) is 0 Å². The SMILES string of the molecule is CON=C(C)C(C)Cc1ccc(OC)cc1. The monoisotopic (exact) mass is 221 g/mol. The molecule has 0 aliphatic heterocycles. The Balaban J connectivity index is 2.62. The molecule has 0 aliphatic carbocycles. The van der Waals surface area contributed by atoms with Crippen LogP contribution in [-0.4, -0.2) is 19.9 Å². The summed E-state index contributed by atoms with van der Waals surface area (Å²) in [5.41, 5.74) is 2.29. The number of benzene rings is 1. The molecule has 3 heteroatoms. The zero-order valence-electron chi connectivity index (χ0n) is 10.4. The van der Waals surface area contributed by atoms with E-state index < -0.39 is 0 Å². The summed E-state index contributed by atoms with van der Waals surface area (Å²) in [5, 5.41) is 3.95. The predicted octanol–water partition coefficient (Wildman–Crippen LogP) is 2.90. The van der Waals surface area contributed by atoms with E-state index in [9.17, 15) is 0 Å². The van der Waals surface area contributed by atoms with Crippen molar-refractivity contribution in [3.05, 3.63) is 29.8 Å². The van der Waals surface area contributed by atoms with Gasteiger partial charge in [0.25, 0.3) is 0 Å². The second-order valence-electron chi connectivity index (χ2n) is 3.87. The lowest BCUT2D eigenvalue weighted by molar-refractivity contribution is 0.211. The maximum absolute atomic E-state index is 5.12. The molecule has 1 rings (SSSR count). The van der Waals surface area contributed by atoms with E-state index in [1.54, 1.807) is 14.2 Å². The van der Waals surface area contributed by atoms with Gasteiger partial charge in [0, 0.05) is 5.92 Å². The fraction of sp³-hybridized carbons (Fsp3) is 0.462. The highest BCUT2D eigenvalue weighted by molar-refractivity contribution is 5.83. The van der Waals surface area contributed by atoms with Crippen LogP contribution in [0.3, 0.4) is 0 Å². The van der Waals surface area contributed by atoms with Gasteiger partial charge in [-0.25, -0.2) is 0 Å². The van der Waals surface area contributed by atoms with Crippen LogP contribution < -0.4 is 4.74 Å². The average molecular weight is 221 g/mol. The van der Waals surface area contributed by atoms with E-state index >= 15 is 0 Å². The summed E-state index contributed by atoms with van der Waals surface area (Å²) in [7, 11) is 3.25. The molecule has 0 aliphatic rings. The summed E-state index contributed by atoms with van der Waals surface area (Å²) < 4.78 is 5.12. The van der Waals surface area contributed by atoms with Crippen LogP contribution in [0.4, 0.5) is 0 Å². The molecular formula is C13H19NO2. The summed E-state index contributed by atoms with van der Waals surface area (Å²) in [5.74, 6) is 1.27. The zero-order valence-corrected chi connectivity index (χ0v) is 10.4. The van der Waals surface area contributed by atoms with Gasteiger partial charge in [0.05, 0.1) is 12.8 Å². The minimum atomic E-state index is 0.383. The predicted molar refractivity (Wildman–Crippen MR) is 66.0 cm³/mol. The van der Waals surface area contributed by atoms with E-state index in [1.807, 2.05) is 19.1 Å². The Hall–Kier alpha value is -1.51. The lowest BCUT2D eigenvalue weighted by Gasteiger charge is -2.10. The van der Waals surface area contributed by atoms with Crippen LogP contribution in [0.1, 0.15) is 19.4 Å². The third-order valence-electron chi connectivity index (χ3n) is 2.65. The van der Waals surface area contributed by atoms with Crippen LogP contribution in [0.2, 0.25) is 0 Å². The number of ether oxygens (including phenoxy) is 1. The third kappa shape index (κ3) is 3.57. The molecule has 1 aromatic carbocycles. The zero-order chi connectivity index (χ0) is 12.0. The standard InChI is InChI=1S/C13H19NO2/c1-10(11(2)14-16-4)9-12-5-7-13(15-3)8-6-12/h5-8,10H,9H2,1-4H3. The first-order valence-corrected chi connectivity index (χ1v) is 5.38. The van der Waals surface area contributed by atoms with Gasteiger partial charge in [-0.2, -0.15) is 0 Å². The highest BCUT2D eigenvalue weighted by Gasteiger charge is 2.07. The lowest BCUT2D eigenvalue weighted by atomic mass is 9.97. The first-order valence-electron chi connectivity index (χ1n) is 5.38. The van der Waals surface area contributed by atoms with Crippen LogP contribution in [0, 0.1) is 5.92 Å². The molecule has 0 aromatic heterocycles. The van der Waals surface area contributed by atoms with E-state index in [4.69, 9.17) is 9.57 Å². The van der Waals surface area contributed by atoms with Gasteiger partial charge in [-0.15, -0.1) is 0 Å². The van der Waals surface area contributed by atoms with E-state index in [1.165, 1.54) is 5.56 Å². The quantitative estimate of drug-likeness (QED) is 0.565. The topological polar surface area (TPSA) is 30.8 Å². The van der Waals surface area contributed by atoms with Gasteiger partial charge in [-0.05, 0) is 31.0 Å². The Labute approximate surface area is 97.1 Å². The first-order chi connectivity index (χ1) is 7.67. The van der Waals surface area contributed by atoms with E-state index in [0.29, 0.717) is 5.92 Å². The maximum atomic E-state index is 5.12. The highest BCUT2D eigenvalue weighted by atomic mass is 16.6. The smallest absolute Gasteiger partial charge is 0.118 e. The van der Waals surface area contributed by atoms with Gasteiger partial charge < -0.3 is 9.57 Å². The van der Waals surface area contributed by atoms with Crippen LogP contribution in [0.5, 0.6) is 5.75 Å². The van der Waals surface area contributed by atoms with Crippen molar-refractivity contribution in [2.75, 3.05) is 14.2 Å². The molecule has 16 heavy (non-hydrogen) atoms. The molecule has 0 radical (unpaired) electrons.